The van der Waals surface area contributed by atoms with Crippen molar-refractivity contribution in [1.82, 2.24) is 19.7 Å². The summed E-state index contributed by atoms with van der Waals surface area (Å²) in [5.74, 6) is -1.01. The zero-order valence-corrected chi connectivity index (χ0v) is 12.8. The Bertz CT molecular complexity index is 768. The number of alkyl halides is 3. The van der Waals surface area contributed by atoms with Gasteiger partial charge in [-0.25, -0.2) is 9.67 Å². The summed E-state index contributed by atoms with van der Waals surface area (Å²) in [4.78, 5) is 27.9. The Morgan fingerprint density at radius 3 is 2.46 bits per heavy atom. The minimum atomic E-state index is -4.48. The fourth-order valence-electron chi connectivity index (χ4n) is 2.04. The average Bonchev–Trinajstić information content (AvgIpc) is 2.86. The molecule has 2 aromatic rings. The van der Waals surface area contributed by atoms with E-state index in [9.17, 15) is 22.8 Å². The summed E-state index contributed by atoms with van der Waals surface area (Å²) in [5.41, 5.74) is 4.73. The van der Waals surface area contributed by atoms with Gasteiger partial charge in [-0.3, -0.25) is 9.59 Å². The van der Waals surface area contributed by atoms with Gasteiger partial charge in [0.15, 0.2) is 5.82 Å². The lowest BCUT2D eigenvalue weighted by molar-refractivity contribution is -0.137. The minimum Gasteiger partial charge on any atom is -0.368 e. The Morgan fingerprint density at radius 2 is 1.96 bits per heavy atom. The van der Waals surface area contributed by atoms with E-state index in [1.165, 1.54) is 17.9 Å². The van der Waals surface area contributed by atoms with E-state index in [0.29, 0.717) is 11.9 Å². The highest BCUT2D eigenvalue weighted by atomic mass is 19.4. The van der Waals surface area contributed by atoms with Crippen LogP contribution in [0.5, 0.6) is 0 Å². The van der Waals surface area contributed by atoms with Crippen LogP contribution >= 0.6 is 0 Å². The molecule has 2 amide bonds. The van der Waals surface area contributed by atoms with Crippen LogP contribution in [0.25, 0.3) is 5.82 Å². The number of amides is 2. The van der Waals surface area contributed by atoms with Crippen molar-refractivity contribution < 1.29 is 22.8 Å². The van der Waals surface area contributed by atoms with Crippen LogP contribution in [0.3, 0.4) is 0 Å². The van der Waals surface area contributed by atoms with Crippen molar-refractivity contribution in [2.75, 3.05) is 13.6 Å². The van der Waals surface area contributed by atoms with Crippen molar-refractivity contribution in [3.63, 3.8) is 0 Å². The van der Waals surface area contributed by atoms with Gasteiger partial charge in [-0.15, -0.1) is 0 Å². The van der Waals surface area contributed by atoms with Gasteiger partial charge in [0, 0.05) is 13.2 Å². The molecule has 0 spiro atoms. The standard InChI is InChI=1S/C14H14F3N5O2/c1-8-10(13(24)21(2)7-11(18)23)6-20-22(8)12-4-3-9(5-19-12)14(15,16)17/h3-6H,7H2,1-2H3,(H2,18,23). The van der Waals surface area contributed by atoms with E-state index in [2.05, 4.69) is 10.1 Å². The van der Waals surface area contributed by atoms with Crippen molar-refractivity contribution in [2.45, 2.75) is 13.1 Å². The molecule has 0 aromatic carbocycles. The number of carbonyl (C=O) groups excluding carboxylic acids is 2. The summed E-state index contributed by atoms with van der Waals surface area (Å²) in [6.45, 7) is 1.31. The molecule has 2 N–H and O–H groups in total. The summed E-state index contributed by atoms with van der Waals surface area (Å²) >= 11 is 0. The molecule has 0 saturated carbocycles. The fraction of sp³-hybridized carbons (Fsp3) is 0.286. The maximum atomic E-state index is 12.6. The molecule has 0 saturated heterocycles. The van der Waals surface area contributed by atoms with E-state index in [-0.39, 0.29) is 17.9 Å². The SMILES string of the molecule is Cc1c(C(=O)N(C)CC(N)=O)cnn1-c1ccc(C(F)(F)F)cn1. The number of halogens is 3. The Morgan fingerprint density at radius 1 is 1.29 bits per heavy atom. The number of carbonyl (C=O) groups is 2. The van der Waals surface area contributed by atoms with Crippen LogP contribution in [0.1, 0.15) is 21.6 Å². The van der Waals surface area contributed by atoms with E-state index < -0.39 is 23.6 Å². The Kier molecular flexibility index (Phi) is 4.58. The summed E-state index contributed by atoms with van der Waals surface area (Å²) in [5, 5.41) is 3.97. The highest BCUT2D eigenvalue weighted by molar-refractivity contribution is 5.97. The van der Waals surface area contributed by atoms with Crippen molar-refractivity contribution in [2.24, 2.45) is 5.73 Å². The molecule has 0 atom stereocenters. The van der Waals surface area contributed by atoms with Crippen LogP contribution in [0, 0.1) is 6.92 Å². The van der Waals surface area contributed by atoms with Crippen molar-refractivity contribution in [3.8, 4) is 5.82 Å². The first-order valence-corrected chi connectivity index (χ1v) is 6.73. The van der Waals surface area contributed by atoms with Crippen molar-refractivity contribution >= 4 is 11.8 Å². The predicted octanol–water partition coefficient (Wildman–Crippen LogP) is 1.15. The summed E-state index contributed by atoms with van der Waals surface area (Å²) < 4.78 is 38.9. The lowest BCUT2D eigenvalue weighted by Crippen LogP contribution is -2.35. The third-order valence-corrected chi connectivity index (χ3v) is 3.27. The molecular weight excluding hydrogens is 327 g/mol. The molecule has 24 heavy (non-hydrogen) atoms. The van der Waals surface area contributed by atoms with Gasteiger partial charge in [0.05, 0.1) is 29.6 Å². The Labute approximate surface area is 134 Å². The zero-order chi connectivity index (χ0) is 18.1. The van der Waals surface area contributed by atoms with Crippen LogP contribution in [0.4, 0.5) is 13.2 Å². The highest BCUT2D eigenvalue weighted by Crippen LogP contribution is 2.28. The molecule has 2 rings (SSSR count). The fourth-order valence-corrected chi connectivity index (χ4v) is 2.04. The van der Waals surface area contributed by atoms with Crippen molar-refractivity contribution in [1.29, 1.82) is 0 Å². The quantitative estimate of drug-likeness (QED) is 0.903. The number of aromatic nitrogens is 3. The second-order valence-corrected chi connectivity index (χ2v) is 5.09. The van der Waals surface area contributed by atoms with Crippen LogP contribution < -0.4 is 5.73 Å². The van der Waals surface area contributed by atoms with Crippen LogP contribution in [0.15, 0.2) is 24.5 Å². The smallest absolute Gasteiger partial charge is 0.368 e. The summed E-state index contributed by atoms with van der Waals surface area (Å²) in [7, 11) is 1.40. The third-order valence-electron chi connectivity index (χ3n) is 3.27. The number of hydrogen-bond acceptors (Lipinski definition) is 4. The average molecular weight is 341 g/mol. The lowest BCUT2D eigenvalue weighted by atomic mass is 10.2. The molecule has 0 aliphatic carbocycles. The van der Waals surface area contributed by atoms with Crippen LogP contribution in [-0.4, -0.2) is 45.1 Å². The minimum absolute atomic E-state index is 0.136. The number of nitrogens with zero attached hydrogens (tertiary/aromatic N) is 4. The molecule has 0 aliphatic heterocycles. The molecular formula is C14H14F3N5O2. The highest BCUT2D eigenvalue weighted by Gasteiger charge is 2.31. The number of likely N-dealkylation sites (N-methyl/N-ethyl adjacent to an activating group) is 1. The molecule has 2 heterocycles. The number of primary amides is 1. The number of pyridine rings is 1. The molecule has 0 fully saturated rings. The second-order valence-electron chi connectivity index (χ2n) is 5.09. The Hall–Kier alpha value is -2.91. The molecule has 0 bridgehead atoms. The normalized spacial score (nSPS) is 11.4. The maximum Gasteiger partial charge on any atom is 0.417 e. The topological polar surface area (TPSA) is 94.1 Å². The summed E-state index contributed by atoms with van der Waals surface area (Å²) in [6, 6.07) is 2.04. The molecule has 0 unspecified atom stereocenters. The summed E-state index contributed by atoms with van der Waals surface area (Å²) in [6.07, 6.45) is -2.53. The monoisotopic (exact) mass is 341 g/mol. The van der Waals surface area contributed by atoms with Crippen LogP contribution in [-0.2, 0) is 11.0 Å². The third kappa shape index (κ3) is 3.53. The van der Waals surface area contributed by atoms with E-state index in [1.54, 1.807) is 6.92 Å². The van der Waals surface area contributed by atoms with Gasteiger partial charge in [0.1, 0.15) is 0 Å². The van der Waals surface area contributed by atoms with Gasteiger partial charge < -0.3 is 10.6 Å². The molecule has 128 valence electrons. The van der Waals surface area contributed by atoms with E-state index in [1.807, 2.05) is 0 Å². The molecule has 10 heteroatoms. The second kappa shape index (κ2) is 6.30. The number of nitrogens with two attached hydrogens (primary N) is 1. The van der Waals surface area contributed by atoms with Gasteiger partial charge >= 0.3 is 6.18 Å². The largest absolute Gasteiger partial charge is 0.417 e. The molecule has 0 radical (unpaired) electrons. The first-order chi connectivity index (χ1) is 11.1. The van der Waals surface area contributed by atoms with E-state index >= 15 is 0 Å². The number of rotatable bonds is 4. The number of hydrogen-bond donors (Lipinski definition) is 1. The van der Waals surface area contributed by atoms with Crippen LogP contribution in [0.2, 0.25) is 0 Å². The van der Waals surface area contributed by atoms with Gasteiger partial charge in [-0.05, 0) is 19.1 Å². The van der Waals surface area contributed by atoms with Gasteiger partial charge in [0.2, 0.25) is 5.91 Å². The van der Waals surface area contributed by atoms with E-state index in [4.69, 9.17) is 5.73 Å². The first-order valence-electron chi connectivity index (χ1n) is 6.73. The van der Waals surface area contributed by atoms with Gasteiger partial charge in [-0.2, -0.15) is 18.3 Å². The molecule has 2 aromatic heterocycles. The Balaban J connectivity index is 2.30. The van der Waals surface area contributed by atoms with Crippen molar-refractivity contribution in [3.05, 3.63) is 41.3 Å². The van der Waals surface area contributed by atoms with Gasteiger partial charge in [0.25, 0.3) is 5.91 Å². The first kappa shape index (κ1) is 17.4. The molecule has 7 nitrogen and oxygen atoms in total. The zero-order valence-electron chi connectivity index (χ0n) is 12.8. The molecule has 0 aliphatic rings. The maximum absolute atomic E-state index is 12.6. The lowest BCUT2D eigenvalue weighted by Gasteiger charge is -2.14. The predicted molar refractivity (Wildman–Crippen MR) is 77.3 cm³/mol. The van der Waals surface area contributed by atoms with E-state index in [0.717, 1.165) is 17.0 Å². The van der Waals surface area contributed by atoms with Gasteiger partial charge in [-0.1, -0.05) is 0 Å².